The number of hydrogen-bond acceptors (Lipinski definition) is 2. The van der Waals surface area contributed by atoms with Crippen molar-refractivity contribution in [3.63, 3.8) is 0 Å². The second-order valence-corrected chi connectivity index (χ2v) is 8.18. The first kappa shape index (κ1) is 16.2. The number of phenolic OH excluding ortho intramolecular Hbond substituents is 1. The molecule has 0 atom stereocenters. The summed E-state index contributed by atoms with van der Waals surface area (Å²) in [5.41, 5.74) is 0.698. The molecule has 1 aliphatic rings. The molecule has 1 amide bonds. The molecular weight excluding hydrogens is 286 g/mol. The van der Waals surface area contributed by atoms with Crippen molar-refractivity contribution in [2.24, 2.45) is 10.8 Å². The summed E-state index contributed by atoms with van der Waals surface area (Å²) in [5.74, 6) is -0.308. The number of carbonyl (C=O) groups excluding carboxylic acids is 1. The monoisotopic (exact) mass is 309 g/mol. The first-order valence-corrected chi connectivity index (χ1v) is 7.75. The van der Waals surface area contributed by atoms with Crippen LogP contribution in [0.2, 0.25) is 5.02 Å². The van der Waals surface area contributed by atoms with Crippen LogP contribution in [0.4, 0.5) is 0 Å². The second kappa shape index (κ2) is 5.53. The number of nitrogens with one attached hydrogen (secondary N) is 1. The van der Waals surface area contributed by atoms with Crippen molar-refractivity contribution in [2.75, 3.05) is 0 Å². The van der Waals surface area contributed by atoms with E-state index in [0.717, 1.165) is 19.3 Å². The molecule has 2 N–H and O–H groups in total. The van der Waals surface area contributed by atoms with Crippen molar-refractivity contribution in [1.29, 1.82) is 0 Å². The number of hydrogen-bond donors (Lipinski definition) is 2. The van der Waals surface area contributed by atoms with Crippen molar-refractivity contribution >= 4 is 17.5 Å². The van der Waals surface area contributed by atoms with Crippen LogP contribution in [-0.4, -0.2) is 17.1 Å². The predicted molar refractivity (Wildman–Crippen MR) is 85.8 cm³/mol. The Hall–Kier alpha value is -1.22. The van der Waals surface area contributed by atoms with Gasteiger partial charge in [-0.2, -0.15) is 0 Å². The minimum absolute atomic E-state index is 0.0747. The van der Waals surface area contributed by atoms with Gasteiger partial charge in [0.25, 0.3) is 5.91 Å². The molecule has 1 aromatic carbocycles. The highest BCUT2D eigenvalue weighted by Crippen LogP contribution is 2.45. The van der Waals surface area contributed by atoms with Crippen LogP contribution in [0.1, 0.15) is 57.3 Å². The number of benzene rings is 1. The van der Waals surface area contributed by atoms with E-state index in [2.05, 4.69) is 33.0 Å². The smallest absolute Gasteiger partial charge is 0.255 e. The SMILES string of the molecule is CC1(C)CC(NC(=O)c2ccc(Cl)cc2O)CC(C)(C)C1. The minimum Gasteiger partial charge on any atom is -0.507 e. The average Bonchev–Trinajstić information content (AvgIpc) is 2.23. The van der Waals surface area contributed by atoms with Gasteiger partial charge in [0.15, 0.2) is 0 Å². The van der Waals surface area contributed by atoms with E-state index in [1.54, 1.807) is 12.1 Å². The van der Waals surface area contributed by atoms with Gasteiger partial charge in [0.2, 0.25) is 0 Å². The van der Waals surface area contributed by atoms with E-state index in [4.69, 9.17) is 11.6 Å². The highest BCUT2D eigenvalue weighted by atomic mass is 35.5. The third kappa shape index (κ3) is 4.13. The molecule has 2 rings (SSSR count). The highest BCUT2D eigenvalue weighted by molar-refractivity contribution is 6.30. The predicted octanol–water partition coefficient (Wildman–Crippen LogP) is 4.38. The molecule has 0 aliphatic heterocycles. The topological polar surface area (TPSA) is 49.3 Å². The Balaban J connectivity index is 2.12. The van der Waals surface area contributed by atoms with Gasteiger partial charge in [-0.05, 0) is 48.3 Å². The fourth-order valence-electron chi connectivity index (χ4n) is 3.91. The van der Waals surface area contributed by atoms with Gasteiger partial charge in [0.1, 0.15) is 5.75 Å². The van der Waals surface area contributed by atoms with Gasteiger partial charge in [-0.25, -0.2) is 0 Å². The Kier molecular flexibility index (Phi) is 4.25. The highest BCUT2D eigenvalue weighted by Gasteiger charge is 2.39. The average molecular weight is 310 g/mol. The van der Waals surface area contributed by atoms with Crippen LogP contribution in [0.25, 0.3) is 0 Å². The number of aromatic hydroxyl groups is 1. The first-order valence-electron chi connectivity index (χ1n) is 7.37. The summed E-state index contributed by atoms with van der Waals surface area (Å²) in [5, 5.41) is 13.3. The number of carbonyl (C=O) groups is 1. The third-order valence-corrected chi connectivity index (χ3v) is 4.33. The normalized spacial score (nSPS) is 21.0. The lowest BCUT2D eigenvalue weighted by molar-refractivity contribution is 0.0712. The number of phenols is 1. The van der Waals surface area contributed by atoms with Crippen LogP contribution in [0, 0.1) is 10.8 Å². The molecule has 1 fully saturated rings. The van der Waals surface area contributed by atoms with Crippen LogP contribution in [0.15, 0.2) is 18.2 Å². The summed E-state index contributed by atoms with van der Waals surface area (Å²) in [7, 11) is 0. The van der Waals surface area contributed by atoms with E-state index < -0.39 is 0 Å². The Labute approximate surface area is 131 Å². The van der Waals surface area contributed by atoms with E-state index >= 15 is 0 Å². The summed E-state index contributed by atoms with van der Waals surface area (Å²) in [6, 6.07) is 4.70. The molecule has 0 saturated heterocycles. The van der Waals surface area contributed by atoms with E-state index in [-0.39, 0.29) is 34.1 Å². The van der Waals surface area contributed by atoms with Gasteiger partial charge in [-0.3, -0.25) is 4.79 Å². The number of rotatable bonds is 2. The molecule has 116 valence electrons. The van der Waals surface area contributed by atoms with Crippen molar-refractivity contribution in [2.45, 2.75) is 53.0 Å². The van der Waals surface area contributed by atoms with Crippen LogP contribution in [0.5, 0.6) is 5.75 Å². The molecule has 1 aliphatic carbocycles. The van der Waals surface area contributed by atoms with E-state index in [1.165, 1.54) is 6.07 Å². The van der Waals surface area contributed by atoms with Crippen LogP contribution < -0.4 is 5.32 Å². The fourth-order valence-corrected chi connectivity index (χ4v) is 4.07. The maximum atomic E-state index is 12.4. The molecule has 21 heavy (non-hydrogen) atoms. The molecule has 4 heteroatoms. The molecule has 0 spiro atoms. The maximum absolute atomic E-state index is 12.4. The quantitative estimate of drug-likeness (QED) is 0.851. The van der Waals surface area contributed by atoms with Gasteiger partial charge in [0.05, 0.1) is 5.56 Å². The van der Waals surface area contributed by atoms with Crippen molar-refractivity contribution in [3.8, 4) is 5.75 Å². The lowest BCUT2D eigenvalue weighted by Crippen LogP contribution is -2.46. The van der Waals surface area contributed by atoms with Crippen molar-refractivity contribution in [1.82, 2.24) is 5.32 Å². The minimum atomic E-state index is -0.234. The van der Waals surface area contributed by atoms with Crippen LogP contribution in [-0.2, 0) is 0 Å². The Bertz CT molecular complexity index is 536. The van der Waals surface area contributed by atoms with E-state index in [0.29, 0.717) is 5.02 Å². The van der Waals surface area contributed by atoms with Gasteiger partial charge in [-0.1, -0.05) is 39.3 Å². The second-order valence-electron chi connectivity index (χ2n) is 7.75. The molecule has 0 unspecified atom stereocenters. The Morgan fingerprint density at radius 3 is 2.33 bits per heavy atom. The van der Waals surface area contributed by atoms with Crippen LogP contribution >= 0.6 is 11.6 Å². The largest absolute Gasteiger partial charge is 0.507 e. The zero-order valence-electron chi connectivity index (χ0n) is 13.2. The zero-order valence-corrected chi connectivity index (χ0v) is 13.9. The van der Waals surface area contributed by atoms with Crippen LogP contribution in [0.3, 0.4) is 0 Å². The number of amides is 1. The Morgan fingerprint density at radius 2 is 1.81 bits per heavy atom. The molecule has 3 nitrogen and oxygen atoms in total. The van der Waals surface area contributed by atoms with E-state index in [9.17, 15) is 9.90 Å². The van der Waals surface area contributed by atoms with Gasteiger partial charge < -0.3 is 10.4 Å². The number of halogens is 1. The van der Waals surface area contributed by atoms with Gasteiger partial charge in [0, 0.05) is 11.1 Å². The summed E-state index contributed by atoms with van der Waals surface area (Å²) in [6.45, 7) is 8.97. The maximum Gasteiger partial charge on any atom is 0.255 e. The van der Waals surface area contributed by atoms with Crippen molar-refractivity contribution < 1.29 is 9.90 Å². The summed E-state index contributed by atoms with van der Waals surface area (Å²) in [6.07, 6.45) is 3.06. The molecule has 0 heterocycles. The summed E-state index contributed by atoms with van der Waals surface area (Å²) in [4.78, 5) is 12.4. The molecule has 1 aromatic rings. The van der Waals surface area contributed by atoms with Gasteiger partial charge >= 0.3 is 0 Å². The molecule has 0 radical (unpaired) electrons. The molecular formula is C17H24ClNO2. The summed E-state index contributed by atoms with van der Waals surface area (Å²) >= 11 is 5.80. The molecule has 0 aromatic heterocycles. The molecule has 1 saturated carbocycles. The third-order valence-electron chi connectivity index (χ3n) is 4.09. The lowest BCUT2D eigenvalue weighted by atomic mass is 9.63. The standard InChI is InChI=1S/C17H24ClNO2/c1-16(2)8-12(9-17(3,4)10-16)19-15(21)13-6-5-11(18)7-14(13)20/h5-7,12,20H,8-10H2,1-4H3,(H,19,21). The van der Waals surface area contributed by atoms with E-state index in [1.807, 2.05) is 0 Å². The summed E-state index contributed by atoms with van der Waals surface area (Å²) < 4.78 is 0. The van der Waals surface area contributed by atoms with Crippen molar-refractivity contribution in [3.05, 3.63) is 28.8 Å². The van der Waals surface area contributed by atoms with Gasteiger partial charge in [-0.15, -0.1) is 0 Å². The Morgan fingerprint density at radius 1 is 1.24 bits per heavy atom. The lowest BCUT2D eigenvalue weighted by Gasteiger charge is -2.45. The fraction of sp³-hybridized carbons (Fsp3) is 0.588. The first-order chi connectivity index (χ1) is 9.58. The zero-order chi connectivity index (χ0) is 15.8. The molecule has 0 bridgehead atoms.